The maximum Gasteiger partial charge on any atom is 0.123 e. The summed E-state index contributed by atoms with van der Waals surface area (Å²) >= 11 is 0. The summed E-state index contributed by atoms with van der Waals surface area (Å²) in [5.74, 6) is 2.56. The lowest BCUT2D eigenvalue weighted by molar-refractivity contribution is 0.478. The monoisotopic (exact) mass is 233 g/mol. The van der Waals surface area contributed by atoms with Crippen LogP contribution in [0.2, 0.25) is 0 Å². The number of hydrogen-bond acceptors (Lipinski definition) is 1. The largest absolute Gasteiger partial charge is 0.301 e. The maximum absolute atomic E-state index is 13.0. The van der Waals surface area contributed by atoms with Crippen molar-refractivity contribution in [2.45, 2.75) is 45.2 Å². The van der Waals surface area contributed by atoms with Gasteiger partial charge in [0.1, 0.15) is 5.82 Å². The Morgan fingerprint density at radius 2 is 2.24 bits per heavy atom. The first-order chi connectivity index (χ1) is 8.15. The first kappa shape index (κ1) is 13.7. The van der Waals surface area contributed by atoms with Crippen LogP contribution in [0.3, 0.4) is 0 Å². The molecule has 0 heterocycles. The molecule has 0 spiro atoms. The Morgan fingerprint density at radius 3 is 2.82 bits per heavy atom. The minimum absolute atomic E-state index is 0.114. The molecule has 1 N–H and O–H groups in total. The first-order valence-electron chi connectivity index (χ1n) is 6.12. The standard InChI is InChI=1S/C15H20FN/c1-4-7-15(5-2)17-12(3)10-13-8-6-9-14(16)11-13/h2,6,8-9,11-12,15,17H,4,7,10H2,1,3H3. The first-order valence-corrected chi connectivity index (χ1v) is 6.12. The zero-order valence-electron chi connectivity index (χ0n) is 10.5. The number of terminal acetylenes is 1. The Bertz CT molecular complexity index is 381. The van der Waals surface area contributed by atoms with E-state index < -0.39 is 0 Å². The van der Waals surface area contributed by atoms with Gasteiger partial charge in [0, 0.05) is 6.04 Å². The third-order valence-electron chi connectivity index (χ3n) is 2.70. The Hall–Kier alpha value is -1.33. The summed E-state index contributed by atoms with van der Waals surface area (Å²) in [4.78, 5) is 0. The van der Waals surface area contributed by atoms with E-state index in [0.717, 1.165) is 24.8 Å². The fraction of sp³-hybridized carbons (Fsp3) is 0.467. The maximum atomic E-state index is 13.0. The van der Waals surface area contributed by atoms with Crippen molar-refractivity contribution < 1.29 is 4.39 Å². The Balaban J connectivity index is 2.49. The summed E-state index contributed by atoms with van der Waals surface area (Å²) < 4.78 is 13.0. The zero-order valence-corrected chi connectivity index (χ0v) is 10.5. The molecule has 0 amide bonds. The average molecular weight is 233 g/mol. The van der Waals surface area contributed by atoms with Crippen LogP contribution in [0.5, 0.6) is 0 Å². The van der Waals surface area contributed by atoms with E-state index in [1.807, 2.05) is 6.07 Å². The van der Waals surface area contributed by atoms with Gasteiger partial charge in [-0.05, 0) is 37.5 Å². The molecule has 0 radical (unpaired) electrons. The van der Waals surface area contributed by atoms with E-state index in [9.17, 15) is 4.39 Å². The van der Waals surface area contributed by atoms with E-state index in [1.54, 1.807) is 12.1 Å². The van der Waals surface area contributed by atoms with Crippen LogP contribution in [0.1, 0.15) is 32.3 Å². The van der Waals surface area contributed by atoms with Crippen molar-refractivity contribution in [3.05, 3.63) is 35.6 Å². The van der Waals surface area contributed by atoms with Gasteiger partial charge in [-0.15, -0.1) is 6.42 Å². The van der Waals surface area contributed by atoms with E-state index in [0.29, 0.717) is 0 Å². The predicted octanol–water partition coefficient (Wildman–Crippen LogP) is 3.15. The van der Waals surface area contributed by atoms with E-state index in [-0.39, 0.29) is 17.9 Å². The third-order valence-corrected chi connectivity index (χ3v) is 2.70. The van der Waals surface area contributed by atoms with E-state index in [2.05, 4.69) is 25.1 Å². The fourth-order valence-corrected chi connectivity index (χ4v) is 1.92. The number of nitrogens with one attached hydrogen (secondary N) is 1. The molecule has 1 rings (SSSR count). The topological polar surface area (TPSA) is 12.0 Å². The second kappa shape index (κ2) is 7.09. The van der Waals surface area contributed by atoms with Gasteiger partial charge in [0.15, 0.2) is 0 Å². The van der Waals surface area contributed by atoms with Crippen LogP contribution in [-0.4, -0.2) is 12.1 Å². The Kier molecular flexibility index (Phi) is 5.72. The molecule has 0 aliphatic heterocycles. The highest BCUT2D eigenvalue weighted by atomic mass is 19.1. The van der Waals surface area contributed by atoms with E-state index in [4.69, 9.17) is 6.42 Å². The van der Waals surface area contributed by atoms with Gasteiger partial charge in [0.2, 0.25) is 0 Å². The summed E-state index contributed by atoms with van der Waals surface area (Å²) in [5, 5.41) is 3.38. The summed E-state index contributed by atoms with van der Waals surface area (Å²) in [6.45, 7) is 4.19. The zero-order chi connectivity index (χ0) is 12.7. The second-order valence-corrected chi connectivity index (χ2v) is 4.41. The minimum atomic E-state index is -0.184. The van der Waals surface area contributed by atoms with Crippen molar-refractivity contribution in [2.24, 2.45) is 0 Å². The molecule has 2 heteroatoms. The second-order valence-electron chi connectivity index (χ2n) is 4.41. The van der Waals surface area contributed by atoms with Gasteiger partial charge in [-0.25, -0.2) is 4.39 Å². The molecule has 1 aromatic carbocycles. The lowest BCUT2D eigenvalue weighted by atomic mass is 10.1. The van der Waals surface area contributed by atoms with Gasteiger partial charge >= 0.3 is 0 Å². The minimum Gasteiger partial charge on any atom is -0.301 e. The van der Waals surface area contributed by atoms with Crippen LogP contribution in [-0.2, 0) is 6.42 Å². The summed E-state index contributed by atoms with van der Waals surface area (Å²) in [7, 11) is 0. The van der Waals surface area contributed by atoms with Crippen LogP contribution in [0.4, 0.5) is 4.39 Å². The van der Waals surface area contributed by atoms with Crippen LogP contribution in [0.15, 0.2) is 24.3 Å². The van der Waals surface area contributed by atoms with E-state index >= 15 is 0 Å². The van der Waals surface area contributed by atoms with Gasteiger partial charge < -0.3 is 5.32 Å². The lowest BCUT2D eigenvalue weighted by Crippen LogP contribution is -2.36. The molecular formula is C15H20FN. The lowest BCUT2D eigenvalue weighted by Gasteiger charge is -2.19. The van der Waals surface area contributed by atoms with Gasteiger partial charge in [-0.2, -0.15) is 0 Å². The fourth-order valence-electron chi connectivity index (χ4n) is 1.92. The Labute approximate surface area is 103 Å². The van der Waals surface area contributed by atoms with Gasteiger partial charge in [0.25, 0.3) is 0 Å². The molecule has 0 aliphatic rings. The van der Waals surface area contributed by atoms with Crippen LogP contribution in [0.25, 0.3) is 0 Å². The number of rotatable bonds is 6. The highest BCUT2D eigenvalue weighted by Gasteiger charge is 2.09. The molecule has 0 aliphatic carbocycles. The highest BCUT2D eigenvalue weighted by molar-refractivity contribution is 5.17. The molecule has 2 atom stereocenters. The molecule has 0 saturated heterocycles. The molecule has 1 aromatic rings. The van der Waals surface area contributed by atoms with Crippen molar-refractivity contribution in [2.75, 3.05) is 0 Å². The molecule has 0 saturated carbocycles. The molecule has 0 fully saturated rings. The highest BCUT2D eigenvalue weighted by Crippen LogP contribution is 2.07. The van der Waals surface area contributed by atoms with Crippen LogP contribution >= 0.6 is 0 Å². The van der Waals surface area contributed by atoms with Crippen LogP contribution in [0, 0.1) is 18.2 Å². The van der Waals surface area contributed by atoms with E-state index in [1.165, 1.54) is 6.07 Å². The van der Waals surface area contributed by atoms with Crippen molar-refractivity contribution in [1.29, 1.82) is 0 Å². The SMILES string of the molecule is C#CC(CCC)NC(C)Cc1cccc(F)c1. The van der Waals surface area contributed by atoms with Crippen molar-refractivity contribution in [3.63, 3.8) is 0 Å². The number of hydrogen-bond donors (Lipinski definition) is 1. The summed E-state index contributed by atoms with van der Waals surface area (Å²) in [6.07, 6.45) is 8.28. The number of halogens is 1. The third kappa shape index (κ3) is 5.01. The Morgan fingerprint density at radius 1 is 1.47 bits per heavy atom. The van der Waals surface area contributed by atoms with Gasteiger partial charge in [0.05, 0.1) is 6.04 Å². The predicted molar refractivity (Wildman–Crippen MR) is 70.2 cm³/mol. The van der Waals surface area contributed by atoms with Crippen molar-refractivity contribution in [3.8, 4) is 12.3 Å². The normalized spacial score (nSPS) is 14.0. The molecule has 1 nitrogen and oxygen atoms in total. The average Bonchev–Trinajstić information content (AvgIpc) is 2.28. The smallest absolute Gasteiger partial charge is 0.123 e. The van der Waals surface area contributed by atoms with Crippen molar-refractivity contribution in [1.82, 2.24) is 5.32 Å². The van der Waals surface area contributed by atoms with Gasteiger partial charge in [-0.1, -0.05) is 31.4 Å². The molecule has 92 valence electrons. The van der Waals surface area contributed by atoms with Gasteiger partial charge in [-0.3, -0.25) is 0 Å². The number of benzene rings is 1. The molecular weight excluding hydrogens is 213 g/mol. The molecule has 17 heavy (non-hydrogen) atoms. The van der Waals surface area contributed by atoms with Crippen LogP contribution < -0.4 is 5.32 Å². The molecule has 0 aromatic heterocycles. The molecule has 2 unspecified atom stereocenters. The summed E-state index contributed by atoms with van der Waals surface area (Å²) in [6, 6.07) is 7.08. The summed E-state index contributed by atoms with van der Waals surface area (Å²) in [5.41, 5.74) is 0.997. The van der Waals surface area contributed by atoms with Crippen molar-refractivity contribution >= 4 is 0 Å². The quantitative estimate of drug-likeness (QED) is 0.744. The molecule has 0 bridgehead atoms.